The van der Waals surface area contributed by atoms with Crippen molar-refractivity contribution < 1.29 is 14.7 Å². The van der Waals surface area contributed by atoms with E-state index in [9.17, 15) is 9.59 Å². The van der Waals surface area contributed by atoms with Gasteiger partial charge in [0.25, 0.3) is 0 Å². The van der Waals surface area contributed by atoms with Crippen molar-refractivity contribution >= 4 is 43.6 Å². The zero-order valence-corrected chi connectivity index (χ0v) is 11.9. The molecule has 18 heavy (non-hydrogen) atoms. The fourth-order valence-corrected chi connectivity index (χ4v) is 2.22. The summed E-state index contributed by atoms with van der Waals surface area (Å²) in [5.41, 5.74) is 0.0205. The SMILES string of the molecule is O=C(c1cc(Br)ccc1Br)c1nc[nH]c1C(=O)O. The molecule has 0 fully saturated rings. The summed E-state index contributed by atoms with van der Waals surface area (Å²) in [4.78, 5) is 29.3. The average Bonchev–Trinajstić information content (AvgIpc) is 2.80. The van der Waals surface area contributed by atoms with Crippen LogP contribution in [0.2, 0.25) is 0 Å². The standard InChI is InChI=1S/C11H6Br2N2O3/c12-5-1-2-7(13)6(3-5)10(16)8-9(11(17)18)15-4-14-8/h1-4H,(H,14,15)(H,17,18). The molecule has 0 unspecified atom stereocenters. The summed E-state index contributed by atoms with van der Waals surface area (Å²) in [5, 5.41) is 8.93. The molecule has 2 rings (SSSR count). The van der Waals surface area contributed by atoms with Crippen LogP contribution >= 0.6 is 31.9 Å². The van der Waals surface area contributed by atoms with Gasteiger partial charge in [-0.1, -0.05) is 31.9 Å². The number of nitrogens with zero attached hydrogens (tertiary/aromatic N) is 1. The van der Waals surface area contributed by atoms with Crippen molar-refractivity contribution in [1.29, 1.82) is 0 Å². The van der Waals surface area contributed by atoms with E-state index >= 15 is 0 Å². The average molecular weight is 374 g/mol. The Bertz CT molecular complexity index is 637. The number of nitrogens with one attached hydrogen (secondary N) is 1. The second-order valence-electron chi connectivity index (χ2n) is 3.38. The maximum Gasteiger partial charge on any atom is 0.354 e. The van der Waals surface area contributed by atoms with Crippen LogP contribution in [0.3, 0.4) is 0 Å². The molecule has 92 valence electrons. The number of ketones is 1. The minimum atomic E-state index is -1.22. The van der Waals surface area contributed by atoms with Gasteiger partial charge in [-0.2, -0.15) is 0 Å². The van der Waals surface area contributed by atoms with Gasteiger partial charge in [0.2, 0.25) is 5.78 Å². The summed E-state index contributed by atoms with van der Waals surface area (Å²) < 4.78 is 1.30. The van der Waals surface area contributed by atoms with Gasteiger partial charge in [0.05, 0.1) is 6.33 Å². The van der Waals surface area contributed by atoms with Gasteiger partial charge in [0.1, 0.15) is 5.69 Å². The van der Waals surface area contributed by atoms with Crippen molar-refractivity contribution in [1.82, 2.24) is 9.97 Å². The Morgan fingerprint density at radius 1 is 1.28 bits per heavy atom. The molecule has 1 aromatic carbocycles. The van der Waals surface area contributed by atoms with E-state index < -0.39 is 11.8 Å². The summed E-state index contributed by atoms with van der Waals surface area (Å²) in [5.74, 6) is -1.68. The van der Waals surface area contributed by atoms with Crippen molar-refractivity contribution in [3.63, 3.8) is 0 Å². The third-order valence-electron chi connectivity index (χ3n) is 2.24. The first kappa shape index (κ1) is 13.0. The van der Waals surface area contributed by atoms with E-state index in [1.54, 1.807) is 18.2 Å². The van der Waals surface area contributed by atoms with E-state index in [0.29, 0.717) is 10.0 Å². The topological polar surface area (TPSA) is 83.0 Å². The first-order valence-corrected chi connectivity index (χ1v) is 6.35. The largest absolute Gasteiger partial charge is 0.477 e. The lowest BCUT2D eigenvalue weighted by atomic mass is 10.1. The Morgan fingerprint density at radius 2 is 2.00 bits per heavy atom. The summed E-state index contributed by atoms with van der Waals surface area (Å²) in [6, 6.07) is 5.07. The van der Waals surface area contributed by atoms with Gasteiger partial charge >= 0.3 is 5.97 Å². The third-order valence-corrected chi connectivity index (χ3v) is 3.43. The molecule has 2 N–H and O–H groups in total. The highest BCUT2D eigenvalue weighted by Gasteiger charge is 2.22. The highest BCUT2D eigenvalue weighted by molar-refractivity contribution is 9.11. The molecular formula is C11H6Br2N2O3. The van der Waals surface area contributed by atoms with E-state index in [1.807, 2.05) is 0 Å². The van der Waals surface area contributed by atoms with Crippen molar-refractivity contribution in [3.05, 3.63) is 50.4 Å². The van der Waals surface area contributed by atoms with E-state index in [0.717, 1.165) is 4.47 Å². The van der Waals surface area contributed by atoms with Crippen LogP contribution in [0.5, 0.6) is 0 Å². The number of H-pyrrole nitrogens is 1. The van der Waals surface area contributed by atoms with Gasteiger partial charge in [-0.3, -0.25) is 4.79 Å². The normalized spacial score (nSPS) is 10.3. The lowest BCUT2D eigenvalue weighted by Gasteiger charge is -2.03. The molecule has 5 nitrogen and oxygen atoms in total. The first-order valence-electron chi connectivity index (χ1n) is 4.77. The highest BCUT2D eigenvalue weighted by Crippen LogP contribution is 2.24. The number of carbonyl (C=O) groups is 2. The number of aromatic amines is 1. The van der Waals surface area contributed by atoms with Crippen molar-refractivity contribution in [3.8, 4) is 0 Å². The fourth-order valence-electron chi connectivity index (χ4n) is 1.43. The Labute approximate surface area is 118 Å². The number of hydrogen-bond donors (Lipinski definition) is 2. The minimum absolute atomic E-state index is 0.110. The molecule has 0 saturated carbocycles. The van der Waals surface area contributed by atoms with Crippen LogP contribution in [0.1, 0.15) is 26.5 Å². The highest BCUT2D eigenvalue weighted by atomic mass is 79.9. The number of carboxylic acid groups (broad SMARTS) is 1. The minimum Gasteiger partial charge on any atom is -0.477 e. The number of rotatable bonds is 3. The van der Waals surface area contributed by atoms with Crippen molar-refractivity contribution in [2.24, 2.45) is 0 Å². The predicted octanol–water partition coefficient (Wildman–Crippen LogP) is 2.86. The number of aromatic carboxylic acids is 1. The molecule has 0 spiro atoms. The summed E-state index contributed by atoms with van der Waals surface area (Å²) >= 11 is 6.51. The maximum atomic E-state index is 12.2. The molecule has 0 amide bonds. The zero-order valence-electron chi connectivity index (χ0n) is 8.78. The van der Waals surface area contributed by atoms with Crippen LogP contribution in [0.25, 0.3) is 0 Å². The van der Waals surface area contributed by atoms with Gasteiger partial charge in [-0.25, -0.2) is 9.78 Å². The second kappa shape index (κ2) is 5.03. The van der Waals surface area contributed by atoms with Crippen molar-refractivity contribution in [2.75, 3.05) is 0 Å². The number of benzene rings is 1. The quantitative estimate of drug-likeness (QED) is 0.810. The van der Waals surface area contributed by atoms with Crippen LogP contribution < -0.4 is 0 Å². The van der Waals surface area contributed by atoms with Crippen LogP contribution in [0, 0.1) is 0 Å². The second-order valence-corrected chi connectivity index (χ2v) is 5.15. The van der Waals surface area contributed by atoms with Gasteiger partial charge in [0.15, 0.2) is 5.69 Å². The fraction of sp³-hybridized carbons (Fsp3) is 0. The first-order chi connectivity index (χ1) is 8.50. The van der Waals surface area contributed by atoms with E-state index in [2.05, 4.69) is 41.8 Å². The third kappa shape index (κ3) is 2.37. The van der Waals surface area contributed by atoms with Gasteiger partial charge < -0.3 is 10.1 Å². The van der Waals surface area contributed by atoms with Crippen molar-refractivity contribution in [2.45, 2.75) is 0 Å². The Morgan fingerprint density at radius 3 is 2.67 bits per heavy atom. The van der Waals surface area contributed by atoms with Crippen LogP contribution in [-0.4, -0.2) is 26.8 Å². The summed E-state index contributed by atoms with van der Waals surface area (Å²) in [6.45, 7) is 0. The Kier molecular flexibility index (Phi) is 3.63. The molecule has 0 saturated heterocycles. The van der Waals surface area contributed by atoms with Gasteiger partial charge in [0, 0.05) is 14.5 Å². The lowest BCUT2D eigenvalue weighted by Crippen LogP contribution is -2.10. The Hall–Kier alpha value is -1.47. The number of carboxylic acids is 1. The number of hydrogen-bond acceptors (Lipinski definition) is 3. The number of halogens is 2. The number of aromatic nitrogens is 2. The molecule has 1 heterocycles. The molecule has 0 atom stereocenters. The van der Waals surface area contributed by atoms with E-state index in [1.165, 1.54) is 6.33 Å². The van der Waals surface area contributed by atoms with E-state index in [-0.39, 0.29) is 11.4 Å². The van der Waals surface area contributed by atoms with Crippen LogP contribution in [0.4, 0.5) is 0 Å². The summed E-state index contributed by atoms with van der Waals surface area (Å²) in [6.07, 6.45) is 1.18. The molecule has 0 aliphatic heterocycles. The number of imidazole rings is 1. The molecule has 0 aliphatic rings. The zero-order chi connectivity index (χ0) is 13.3. The number of carbonyl (C=O) groups excluding carboxylic acids is 1. The van der Waals surface area contributed by atoms with E-state index in [4.69, 9.17) is 5.11 Å². The Balaban J connectivity index is 2.51. The molecule has 7 heteroatoms. The molecule has 1 aromatic heterocycles. The molecule has 0 aliphatic carbocycles. The maximum absolute atomic E-state index is 12.2. The summed E-state index contributed by atoms with van der Waals surface area (Å²) in [7, 11) is 0. The predicted molar refractivity (Wildman–Crippen MR) is 70.8 cm³/mol. The van der Waals surface area contributed by atoms with Crippen LogP contribution in [-0.2, 0) is 0 Å². The molecule has 0 bridgehead atoms. The smallest absolute Gasteiger partial charge is 0.354 e. The monoisotopic (exact) mass is 372 g/mol. The van der Waals surface area contributed by atoms with Crippen LogP contribution in [0.15, 0.2) is 33.5 Å². The van der Waals surface area contributed by atoms with Gasteiger partial charge in [-0.05, 0) is 18.2 Å². The molecular weight excluding hydrogens is 368 g/mol. The van der Waals surface area contributed by atoms with Gasteiger partial charge in [-0.15, -0.1) is 0 Å². The molecule has 0 radical (unpaired) electrons. The molecule has 2 aromatic rings. The lowest BCUT2D eigenvalue weighted by molar-refractivity contribution is 0.0687.